The first-order valence-corrected chi connectivity index (χ1v) is 7.74. The van der Waals surface area contributed by atoms with Crippen LogP contribution in [-0.4, -0.2) is 16.9 Å². The lowest BCUT2D eigenvalue weighted by atomic mass is 9.86. The largest absolute Gasteiger partial charge is 0.358 e. The van der Waals surface area contributed by atoms with Gasteiger partial charge in [0.1, 0.15) is 0 Å². The number of thiocarbonyl (C=S) groups is 1. The Morgan fingerprint density at radius 1 is 1.20 bits per heavy atom. The fourth-order valence-electron chi connectivity index (χ4n) is 2.61. The molecule has 4 heteroatoms. The third-order valence-electron chi connectivity index (χ3n) is 3.94. The fraction of sp³-hybridized carbons (Fsp3) is 0.500. The van der Waals surface area contributed by atoms with Gasteiger partial charge in [-0.15, -0.1) is 0 Å². The number of hydrogen-bond donors (Lipinski definition) is 2. The maximum absolute atomic E-state index is 5.33. The number of nitrogens with zero attached hydrogens (tertiary/aromatic N) is 1. The average molecular weight is 289 g/mol. The van der Waals surface area contributed by atoms with E-state index in [1.165, 1.54) is 25.7 Å². The molecule has 2 N–H and O–H groups in total. The summed E-state index contributed by atoms with van der Waals surface area (Å²) >= 11 is 5.33. The van der Waals surface area contributed by atoms with Gasteiger partial charge < -0.3 is 5.32 Å². The van der Waals surface area contributed by atoms with Gasteiger partial charge in [0.25, 0.3) is 0 Å². The van der Waals surface area contributed by atoms with Crippen molar-refractivity contribution in [3.63, 3.8) is 0 Å². The molecule has 0 amide bonds. The van der Waals surface area contributed by atoms with E-state index in [9.17, 15) is 0 Å². The lowest BCUT2D eigenvalue weighted by Crippen LogP contribution is -2.44. The minimum absolute atomic E-state index is 0.482. The van der Waals surface area contributed by atoms with Crippen molar-refractivity contribution in [3.05, 3.63) is 35.9 Å². The van der Waals surface area contributed by atoms with Gasteiger partial charge in [0.05, 0.1) is 5.71 Å². The first kappa shape index (κ1) is 15.0. The summed E-state index contributed by atoms with van der Waals surface area (Å²) in [7, 11) is 0. The highest BCUT2D eigenvalue weighted by Gasteiger charge is 2.21. The van der Waals surface area contributed by atoms with Crippen LogP contribution in [-0.2, 0) is 0 Å². The van der Waals surface area contributed by atoms with Crippen molar-refractivity contribution >= 4 is 23.0 Å². The fourth-order valence-corrected chi connectivity index (χ4v) is 2.81. The molecular formula is C16H23N3S. The molecule has 1 aliphatic carbocycles. The average Bonchev–Trinajstić information content (AvgIpc) is 2.48. The predicted octanol–water partition coefficient (Wildman–Crippen LogP) is 3.45. The van der Waals surface area contributed by atoms with Crippen LogP contribution in [0.5, 0.6) is 0 Å². The van der Waals surface area contributed by atoms with Gasteiger partial charge in [0.15, 0.2) is 5.11 Å². The van der Waals surface area contributed by atoms with Gasteiger partial charge in [-0.1, -0.05) is 50.1 Å². The van der Waals surface area contributed by atoms with Gasteiger partial charge in [-0.2, -0.15) is 5.10 Å². The zero-order chi connectivity index (χ0) is 14.4. The molecule has 1 fully saturated rings. The number of rotatable bonds is 3. The summed E-state index contributed by atoms with van der Waals surface area (Å²) in [6.07, 6.45) is 5.11. The van der Waals surface area contributed by atoms with Crippen molar-refractivity contribution in [2.24, 2.45) is 11.0 Å². The molecule has 0 bridgehead atoms. The molecule has 108 valence electrons. The highest BCUT2D eigenvalue weighted by molar-refractivity contribution is 7.80. The van der Waals surface area contributed by atoms with Crippen LogP contribution in [0.1, 0.15) is 45.1 Å². The van der Waals surface area contributed by atoms with Crippen molar-refractivity contribution in [2.45, 2.75) is 45.6 Å². The maximum atomic E-state index is 5.33. The van der Waals surface area contributed by atoms with Crippen LogP contribution in [0, 0.1) is 5.92 Å². The first-order valence-electron chi connectivity index (χ1n) is 7.33. The highest BCUT2D eigenvalue weighted by atomic mass is 32.1. The SMILES string of the molecule is C/C(=N/NC(=S)N[C@H]1CCCC[C@@H]1C)c1ccccc1. The Balaban J connectivity index is 1.85. The van der Waals surface area contributed by atoms with Crippen molar-refractivity contribution in [3.8, 4) is 0 Å². The van der Waals surface area contributed by atoms with E-state index in [2.05, 4.69) is 22.8 Å². The molecule has 0 radical (unpaired) electrons. The molecule has 0 heterocycles. The topological polar surface area (TPSA) is 36.4 Å². The van der Waals surface area contributed by atoms with Crippen molar-refractivity contribution in [2.75, 3.05) is 0 Å². The smallest absolute Gasteiger partial charge is 0.187 e. The molecule has 0 aromatic heterocycles. The van der Waals surface area contributed by atoms with Gasteiger partial charge in [0, 0.05) is 6.04 Å². The van der Waals surface area contributed by atoms with E-state index in [1.54, 1.807) is 0 Å². The molecule has 3 nitrogen and oxygen atoms in total. The third-order valence-corrected chi connectivity index (χ3v) is 4.15. The van der Waals surface area contributed by atoms with Crippen molar-refractivity contribution in [1.29, 1.82) is 0 Å². The van der Waals surface area contributed by atoms with Crippen LogP contribution in [0.2, 0.25) is 0 Å². The monoisotopic (exact) mass is 289 g/mol. The lowest BCUT2D eigenvalue weighted by Gasteiger charge is -2.30. The number of benzene rings is 1. The Kier molecular flexibility index (Phi) is 5.53. The molecule has 0 unspecified atom stereocenters. The van der Waals surface area contributed by atoms with E-state index in [1.807, 2.05) is 37.3 Å². The summed E-state index contributed by atoms with van der Waals surface area (Å²) in [5, 5.41) is 8.36. The molecule has 0 saturated heterocycles. The van der Waals surface area contributed by atoms with Crippen LogP contribution < -0.4 is 10.7 Å². The summed E-state index contributed by atoms with van der Waals surface area (Å²) in [5.74, 6) is 0.683. The number of hydrogen-bond acceptors (Lipinski definition) is 2. The van der Waals surface area contributed by atoms with E-state index in [0.717, 1.165) is 11.3 Å². The summed E-state index contributed by atoms with van der Waals surface area (Å²) in [4.78, 5) is 0. The standard InChI is InChI=1S/C16H23N3S/c1-12-8-6-7-11-15(12)17-16(20)19-18-13(2)14-9-4-3-5-10-14/h3-5,9-10,12,15H,6-8,11H2,1-2H3,(H2,17,19,20)/b18-13-/t12-,15-/m0/s1. The zero-order valence-corrected chi connectivity index (χ0v) is 13.0. The second-order valence-electron chi connectivity index (χ2n) is 5.52. The summed E-state index contributed by atoms with van der Waals surface area (Å²) in [6.45, 7) is 4.27. The number of hydrazone groups is 1. The second-order valence-corrected chi connectivity index (χ2v) is 5.92. The molecule has 1 aromatic rings. The first-order chi connectivity index (χ1) is 9.66. The molecule has 0 aliphatic heterocycles. The van der Waals surface area contributed by atoms with Gasteiger partial charge in [-0.3, -0.25) is 5.43 Å². The Labute approximate surface area is 126 Å². The number of nitrogens with one attached hydrogen (secondary N) is 2. The van der Waals surface area contributed by atoms with Crippen molar-refractivity contribution in [1.82, 2.24) is 10.7 Å². The zero-order valence-electron chi connectivity index (χ0n) is 12.2. The maximum Gasteiger partial charge on any atom is 0.187 e. The Morgan fingerprint density at radius 3 is 2.60 bits per heavy atom. The van der Waals surface area contributed by atoms with E-state index in [0.29, 0.717) is 17.1 Å². The molecule has 2 rings (SSSR count). The molecule has 1 saturated carbocycles. The van der Waals surface area contributed by atoms with Gasteiger partial charge in [0.2, 0.25) is 0 Å². The van der Waals surface area contributed by atoms with E-state index >= 15 is 0 Å². The normalized spacial score (nSPS) is 23.2. The minimum atomic E-state index is 0.482. The van der Waals surface area contributed by atoms with Gasteiger partial charge in [-0.25, -0.2) is 0 Å². The van der Waals surface area contributed by atoms with Crippen LogP contribution >= 0.6 is 12.2 Å². The molecule has 0 spiro atoms. The van der Waals surface area contributed by atoms with Crippen LogP contribution in [0.3, 0.4) is 0 Å². The Hall–Kier alpha value is -1.42. The Bertz CT molecular complexity index is 470. The molecule has 1 aromatic carbocycles. The van der Waals surface area contributed by atoms with Gasteiger partial charge in [-0.05, 0) is 43.5 Å². The molecule has 2 atom stereocenters. The van der Waals surface area contributed by atoms with Crippen molar-refractivity contribution < 1.29 is 0 Å². The van der Waals surface area contributed by atoms with Crippen LogP contribution in [0.15, 0.2) is 35.4 Å². The molecular weight excluding hydrogens is 266 g/mol. The summed E-state index contributed by atoms with van der Waals surface area (Å²) in [5.41, 5.74) is 5.00. The summed E-state index contributed by atoms with van der Waals surface area (Å²) < 4.78 is 0. The van der Waals surface area contributed by atoms with Crippen LogP contribution in [0.4, 0.5) is 0 Å². The van der Waals surface area contributed by atoms with E-state index < -0.39 is 0 Å². The second kappa shape index (κ2) is 7.39. The molecule has 20 heavy (non-hydrogen) atoms. The lowest BCUT2D eigenvalue weighted by molar-refractivity contribution is 0.308. The van der Waals surface area contributed by atoms with E-state index in [4.69, 9.17) is 12.2 Å². The highest BCUT2D eigenvalue weighted by Crippen LogP contribution is 2.23. The summed E-state index contributed by atoms with van der Waals surface area (Å²) in [6, 6.07) is 10.6. The van der Waals surface area contributed by atoms with E-state index in [-0.39, 0.29) is 0 Å². The Morgan fingerprint density at radius 2 is 1.90 bits per heavy atom. The molecule has 1 aliphatic rings. The minimum Gasteiger partial charge on any atom is -0.358 e. The quantitative estimate of drug-likeness (QED) is 0.508. The third kappa shape index (κ3) is 4.30. The van der Waals surface area contributed by atoms with Gasteiger partial charge >= 0.3 is 0 Å². The van der Waals surface area contributed by atoms with Crippen LogP contribution in [0.25, 0.3) is 0 Å². The predicted molar refractivity (Wildman–Crippen MR) is 88.9 cm³/mol.